The quantitative estimate of drug-likeness (QED) is 0.588. The van der Waals surface area contributed by atoms with E-state index >= 15 is 0 Å². The third-order valence-electron chi connectivity index (χ3n) is 5.51. The standard InChI is InChI=1S/C18H15F2NO.C4H5NO3/c19-14-10-15-13(6-9-21-15)17(20)16(14)11-2-4-12(5-3-11)18(22)7-1-8-18;1-2-3(6)5-4(7)8-2/h2-6,9-10,21-22H,1,7-8H2;2H,1H3,(H,5,6,7). The molecule has 2 aliphatic rings. The van der Waals surface area contributed by atoms with Crippen molar-refractivity contribution in [2.75, 3.05) is 0 Å². The highest BCUT2D eigenvalue weighted by atomic mass is 19.1. The summed E-state index contributed by atoms with van der Waals surface area (Å²) in [5.41, 5.74) is 0.939. The number of imide groups is 1. The minimum Gasteiger partial charge on any atom is -0.436 e. The van der Waals surface area contributed by atoms with Gasteiger partial charge in [-0.05, 0) is 49.4 Å². The maximum absolute atomic E-state index is 14.6. The van der Waals surface area contributed by atoms with Gasteiger partial charge in [0.05, 0.1) is 16.7 Å². The average Bonchev–Trinajstić information content (AvgIpc) is 3.26. The van der Waals surface area contributed by atoms with Gasteiger partial charge in [0.2, 0.25) is 0 Å². The number of aromatic amines is 1. The van der Waals surface area contributed by atoms with Crippen LogP contribution >= 0.6 is 0 Å². The second-order valence-electron chi connectivity index (χ2n) is 7.49. The number of carbonyl (C=O) groups is 2. The predicted molar refractivity (Wildman–Crippen MR) is 105 cm³/mol. The van der Waals surface area contributed by atoms with Crippen molar-refractivity contribution >= 4 is 22.9 Å². The number of rotatable bonds is 2. The van der Waals surface area contributed by atoms with Crippen molar-refractivity contribution in [3.63, 3.8) is 0 Å². The molecule has 0 radical (unpaired) electrons. The Bertz CT molecular complexity index is 1120. The molecule has 3 aromatic rings. The molecule has 5 rings (SSSR count). The number of alkyl carbamates (subject to hydrolysis) is 1. The molecule has 1 aliphatic heterocycles. The maximum Gasteiger partial charge on any atom is 0.414 e. The molecule has 1 saturated carbocycles. The number of aromatic nitrogens is 1. The third kappa shape index (κ3) is 3.54. The van der Waals surface area contributed by atoms with Gasteiger partial charge in [0.1, 0.15) is 11.6 Å². The molecule has 2 aromatic carbocycles. The van der Waals surface area contributed by atoms with Crippen LogP contribution in [0.3, 0.4) is 0 Å². The van der Waals surface area contributed by atoms with Crippen LogP contribution < -0.4 is 5.32 Å². The van der Waals surface area contributed by atoms with Gasteiger partial charge in [-0.1, -0.05) is 24.3 Å². The normalized spacial score (nSPS) is 19.5. The van der Waals surface area contributed by atoms with E-state index in [1.807, 2.05) is 5.32 Å². The van der Waals surface area contributed by atoms with Crippen molar-refractivity contribution in [3.05, 3.63) is 59.8 Å². The molecule has 6 nitrogen and oxygen atoms in total. The van der Waals surface area contributed by atoms with Gasteiger partial charge in [-0.3, -0.25) is 10.1 Å². The molecule has 3 N–H and O–H groups in total. The molecule has 156 valence electrons. The Morgan fingerprint density at radius 3 is 2.33 bits per heavy atom. The van der Waals surface area contributed by atoms with E-state index in [4.69, 9.17) is 0 Å². The van der Waals surface area contributed by atoms with Gasteiger partial charge in [-0.2, -0.15) is 0 Å². The second-order valence-corrected chi connectivity index (χ2v) is 7.49. The van der Waals surface area contributed by atoms with Crippen LogP contribution in [0.5, 0.6) is 0 Å². The zero-order chi connectivity index (χ0) is 21.5. The number of H-pyrrole nitrogens is 1. The molecule has 2 fully saturated rings. The fraction of sp³-hybridized carbons (Fsp3) is 0.273. The number of nitrogens with one attached hydrogen (secondary N) is 2. The molecule has 1 unspecified atom stereocenters. The Morgan fingerprint density at radius 1 is 1.13 bits per heavy atom. The average molecular weight is 414 g/mol. The summed E-state index contributed by atoms with van der Waals surface area (Å²) in [6.07, 6.45) is 2.82. The summed E-state index contributed by atoms with van der Waals surface area (Å²) in [4.78, 5) is 23.2. The zero-order valence-corrected chi connectivity index (χ0v) is 16.2. The fourth-order valence-electron chi connectivity index (χ4n) is 3.59. The monoisotopic (exact) mass is 414 g/mol. The van der Waals surface area contributed by atoms with E-state index in [0.29, 0.717) is 16.5 Å². The molecular formula is C22H20F2N2O4. The topological polar surface area (TPSA) is 91.4 Å². The van der Waals surface area contributed by atoms with Gasteiger partial charge >= 0.3 is 6.09 Å². The lowest BCUT2D eigenvalue weighted by Gasteiger charge is -2.37. The largest absolute Gasteiger partial charge is 0.436 e. The van der Waals surface area contributed by atoms with E-state index in [-0.39, 0.29) is 11.5 Å². The number of aliphatic hydroxyl groups is 1. The lowest BCUT2D eigenvalue weighted by atomic mass is 9.75. The number of halogens is 2. The van der Waals surface area contributed by atoms with E-state index < -0.39 is 29.4 Å². The van der Waals surface area contributed by atoms with Crippen LogP contribution in [0.25, 0.3) is 22.0 Å². The van der Waals surface area contributed by atoms with Gasteiger partial charge in [0.25, 0.3) is 5.91 Å². The Kier molecular flexibility index (Phi) is 5.03. The van der Waals surface area contributed by atoms with Crippen LogP contribution in [0.1, 0.15) is 31.7 Å². The van der Waals surface area contributed by atoms with Crippen LogP contribution in [0.4, 0.5) is 13.6 Å². The van der Waals surface area contributed by atoms with Gasteiger partial charge in [-0.25, -0.2) is 13.6 Å². The third-order valence-corrected chi connectivity index (χ3v) is 5.51. The van der Waals surface area contributed by atoms with E-state index in [0.717, 1.165) is 24.8 Å². The number of hydrogen-bond acceptors (Lipinski definition) is 4. The first-order valence-corrected chi connectivity index (χ1v) is 9.58. The lowest BCUT2D eigenvalue weighted by molar-refractivity contribution is -0.122. The lowest BCUT2D eigenvalue weighted by Crippen LogP contribution is -2.33. The van der Waals surface area contributed by atoms with Crippen molar-refractivity contribution in [2.45, 2.75) is 37.9 Å². The number of ether oxygens (including phenoxy) is 1. The van der Waals surface area contributed by atoms with Gasteiger partial charge in [0.15, 0.2) is 6.10 Å². The predicted octanol–water partition coefficient (Wildman–Crippen LogP) is 4.13. The Hall–Kier alpha value is -3.26. The van der Waals surface area contributed by atoms with Crippen LogP contribution in [0.2, 0.25) is 0 Å². The van der Waals surface area contributed by atoms with Gasteiger partial charge in [-0.15, -0.1) is 0 Å². The Balaban J connectivity index is 0.000000230. The summed E-state index contributed by atoms with van der Waals surface area (Å²) in [6, 6.07) is 9.76. The van der Waals surface area contributed by atoms with Gasteiger partial charge < -0.3 is 14.8 Å². The van der Waals surface area contributed by atoms with Crippen LogP contribution in [-0.4, -0.2) is 28.2 Å². The van der Waals surface area contributed by atoms with Crippen molar-refractivity contribution in [1.29, 1.82) is 0 Å². The van der Waals surface area contributed by atoms with Crippen LogP contribution in [0.15, 0.2) is 42.6 Å². The molecule has 1 aliphatic carbocycles. The molecule has 2 heterocycles. The van der Waals surface area contributed by atoms with Crippen LogP contribution in [0, 0.1) is 11.6 Å². The van der Waals surface area contributed by atoms with Crippen molar-refractivity contribution in [1.82, 2.24) is 10.3 Å². The molecular weight excluding hydrogens is 394 g/mol. The molecule has 1 aromatic heterocycles. The molecule has 1 saturated heterocycles. The molecule has 0 bridgehead atoms. The summed E-state index contributed by atoms with van der Waals surface area (Å²) in [6.45, 7) is 1.51. The minimum absolute atomic E-state index is 0.0285. The van der Waals surface area contributed by atoms with Gasteiger partial charge in [0, 0.05) is 11.6 Å². The van der Waals surface area contributed by atoms with E-state index in [1.54, 1.807) is 36.5 Å². The first-order chi connectivity index (χ1) is 14.3. The number of hydrogen-bond donors (Lipinski definition) is 3. The smallest absolute Gasteiger partial charge is 0.414 e. The molecule has 8 heteroatoms. The summed E-state index contributed by atoms with van der Waals surface area (Å²) in [5.74, 6) is -1.52. The Labute approximate surface area is 170 Å². The summed E-state index contributed by atoms with van der Waals surface area (Å²) >= 11 is 0. The second kappa shape index (κ2) is 7.53. The van der Waals surface area contributed by atoms with Crippen LogP contribution in [-0.2, 0) is 15.1 Å². The summed E-state index contributed by atoms with van der Waals surface area (Å²) in [5, 5.41) is 12.7. The van der Waals surface area contributed by atoms with Crippen molar-refractivity contribution in [2.24, 2.45) is 0 Å². The SMILES string of the molecule is CC1OC(=O)NC1=O.OC1(c2ccc(-c3c(F)cc4[nH]ccc4c3F)cc2)CCC1. The number of carbonyl (C=O) groups excluding carboxylic acids is 2. The highest BCUT2D eigenvalue weighted by Crippen LogP contribution is 2.41. The summed E-state index contributed by atoms with van der Waals surface area (Å²) in [7, 11) is 0. The first kappa shape index (κ1) is 20.0. The van der Waals surface area contributed by atoms with E-state index in [9.17, 15) is 23.5 Å². The molecule has 1 atom stereocenters. The fourth-order valence-corrected chi connectivity index (χ4v) is 3.59. The summed E-state index contributed by atoms with van der Waals surface area (Å²) < 4.78 is 33.2. The number of amides is 2. The number of fused-ring (bicyclic) bond motifs is 1. The number of benzene rings is 2. The van der Waals surface area contributed by atoms with Crippen molar-refractivity contribution in [3.8, 4) is 11.1 Å². The van der Waals surface area contributed by atoms with Crippen molar-refractivity contribution < 1.29 is 28.2 Å². The van der Waals surface area contributed by atoms with E-state index in [2.05, 4.69) is 9.72 Å². The molecule has 30 heavy (non-hydrogen) atoms. The highest BCUT2D eigenvalue weighted by molar-refractivity contribution is 5.99. The number of cyclic esters (lactones) is 1. The molecule has 2 amide bonds. The maximum atomic E-state index is 14.6. The highest BCUT2D eigenvalue weighted by Gasteiger charge is 2.36. The molecule has 0 spiro atoms. The zero-order valence-electron chi connectivity index (χ0n) is 16.2. The van der Waals surface area contributed by atoms with E-state index in [1.165, 1.54) is 13.0 Å². The first-order valence-electron chi connectivity index (χ1n) is 9.58. The Morgan fingerprint density at radius 2 is 1.83 bits per heavy atom. The minimum atomic E-state index is -0.764.